The molecule has 0 bridgehead atoms. The molecule has 0 aliphatic heterocycles. The monoisotopic (exact) mass is 460 g/mol. The number of anilines is 1. The number of halogens is 4. The molecule has 0 aliphatic rings. The van der Waals surface area contributed by atoms with Crippen molar-refractivity contribution in [2.75, 3.05) is 12.0 Å². The highest BCUT2D eigenvalue weighted by molar-refractivity contribution is 6.32. The lowest BCUT2D eigenvalue weighted by molar-refractivity contribution is -0.384. The molecule has 0 saturated heterocycles. The maximum atomic E-state index is 12.8. The number of nitro groups is 1. The molecule has 0 aromatic heterocycles. The molecule has 1 amide bonds. The predicted octanol–water partition coefficient (Wildman–Crippen LogP) is 4.97. The number of hydrogen-bond acceptors (Lipinski definition) is 6. The van der Waals surface area contributed by atoms with Gasteiger partial charge in [-0.15, -0.1) is 0 Å². The summed E-state index contributed by atoms with van der Waals surface area (Å²) in [5.41, 5.74) is -1.75. The molecule has 0 spiro atoms. The van der Waals surface area contributed by atoms with Crippen LogP contribution in [0.5, 0.6) is 11.5 Å². The Labute approximate surface area is 179 Å². The van der Waals surface area contributed by atoms with Gasteiger partial charge in [-0.1, -0.05) is 11.6 Å². The van der Waals surface area contributed by atoms with Gasteiger partial charge in [-0.05, 0) is 31.2 Å². The van der Waals surface area contributed by atoms with Gasteiger partial charge in [0.25, 0.3) is 5.69 Å². The molecule has 8 nitrogen and oxygen atoms in total. The van der Waals surface area contributed by atoms with Crippen LogP contribution in [0.25, 0.3) is 0 Å². The Kier molecular flexibility index (Phi) is 7.11. The van der Waals surface area contributed by atoms with Crippen LogP contribution in [-0.4, -0.2) is 30.0 Å². The molecule has 166 valence electrons. The van der Waals surface area contributed by atoms with Crippen LogP contribution in [0.3, 0.4) is 0 Å². The van der Waals surface area contributed by atoms with Crippen molar-refractivity contribution in [3.05, 3.63) is 57.1 Å². The molecule has 12 heteroatoms. The van der Waals surface area contributed by atoms with Gasteiger partial charge in [0, 0.05) is 19.1 Å². The second-order valence-corrected chi connectivity index (χ2v) is 6.65. The van der Waals surface area contributed by atoms with Gasteiger partial charge in [-0.2, -0.15) is 13.2 Å². The Hall–Kier alpha value is -3.34. The minimum atomic E-state index is -4.60. The van der Waals surface area contributed by atoms with Gasteiger partial charge in [0.1, 0.15) is 23.2 Å². The summed E-state index contributed by atoms with van der Waals surface area (Å²) in [7, 11) is 1.09. The fraction of sp³-hybridized carbons (Fsp3) is 0.263. The van der Waals surface area contributed by atoms with E-state index in [1.54, 1.807) is 0 Å². The van der Waals surface area contributed by atoms with E-state index in [2.05, 4.69) is 4.74 Å². The zero-order valence-electron chi connectivity index (χ0n) is 16.4. The number of carbonyl (C=O) groups is 2. The number of methoxy groups -OCH3 is 1. The van der Waals surface area contributed by atoms with E-state index in [9.17, 15) is 32.9 Å². The highest BCUT2D eigenvalue weighted by Crippen LogP contribution is 2.39. The van der Waals surface area contributed by atoms with Crippen molar-refractivity contribution < 1.29 is 37.2 Å². The van der Waals surface area contributed by atoms with Gasteiger partial charge in [0.15, 0.2) is 0 Å². The normalized spacial score (nSPS) is 12.1. The number of hydrogen-bond donors (Lipinski definition) is 0. The Morgan fingerprint density at radius 3 is 2.32 bits per heavy atom. The molecule has 2 aromatic carbocycles. The van der Waals surface area contributed by atoms with E-state index >= 15 is 0 Å². The number of ether oxygens (including phenoxy) is 2. The van der Waals surface area contributed by atoms with Gasteiger partial charge in [-0.3, -0.25) is 19.8 Å². The van der Waals surface area contributed by atoms with Crippen molar-refractivity contribution >= 4 is 34.9 Å². The molecule has 2 rings (SSSR count). The van der Waals surface area contributed by atoms with Crippen LogP contribution >= 0.6 is 11.6 Å². The van der Waals surface area contributed by atoms with Gasteiger partial charge in [0.05, 0.1) is 22.6 Å². The number of nitrogens with zero attached hydrogens (tertiary/aromatic N) is 2. The molecule has 1 atom stereocenters. The summed E-state index contributed by atoms with van der Waals surface area (Å²) in [6, 6.07) is 4.53. The topological polar surface area (TPSA) is 99.0 Å². The summed E-state index contributed by atoms with van der Waals surface area (Å²) in [6.07, 6.45) is -4.60. The molecule has 1 unspecified atom stereocenters. The van der Waals surface area contributed by atoms with Crippen molar-refractivity contribution in [1.82, 2.24) is 0 Å². The average molecular weight is 461 g/mol. The Morgan fingerprint density at radius 2 is 1.84 bits per heavy atom. The summed E-state index contributed by atoms with van der Waals surface area (Å²) in [5.74, 6) is -1.72. The first kappa shape index (κ1) is 23.9. The average Bonchev–Trinajstić information content (AvgIpc) is 2.67. The highest BCUT2D eigenvalue weighted by Gasteiger charge is 2.33. The lowest BCUT2D eigenvalue weighted by atomic mass is 10.1. The molecule has 0 N–H and O–H groups in total. The number of carbonyl (C=O) groups excluding carboxylic acids is 2. The van der Waals surface area contributed by atoms with Crippen molar-refractivity contribution in [1.29, 1.82) is 0 Å². The summed E-state index contributed by atoms with van der Waals surface area (Å²) < 4.78 is 48.5. The van der Waals surface area contributed by atoms with E-state index in [4.69, 9.17) is 16.3 Å². The quantitative estimate of drug-likeness (QED) is 0.343. The minimum absolute atomic E-state index is 0.0643. The zero-order chi connectivity index (χ0) is 23.5. The van der Waals surface area contributed by atoms with E-state index in [1.807, 2.05) is 0 Å². The highest BCUT2D eigenvalue weighted by atomic mass is 35.5. The SMILES string of the molecule is COC(=O)C(C)N(C(C)=O)c1cc(Oc2ccc(C(F)(F)F)cc2Cl)ccc1[N+](=O)[O-]. The second-order valence-electron chi connectivity index (χ2n) is 6.24. The summed E-state index contributed by atoms with van der Waals surface area (Å²) in [5, 5.41) is 11.1. The van der Waals surface area contributed by atoms with Crippen molar-refractivity contribution in [2.45, 2.75) is 26.1 Å². The lowest BCUT2D eigenvalue weighted by Crippen LogP contribution is -2.43. The largest absolute Gasteiger partial charge is 0.467 e. The third kappa shape index (κ3) is 5.43. The van der Waals surface area contributed by atoms with E-state index in [0.29, 0.717) is 6.07 Å². The number of esters is 1. The van der Waals surface area contributed by atoms with E-state index in [-0.39, 0.29) is 22.2 Å². The smallest absolute Gasteiger partial charge is 0.416 e. The molecular weight excluding hydrogens is 445 g/mol. The maximum Gasteiger partial charge on any atom is 0.416 e. The van der Waals surface area contributed by atoms with Crippen LogP contribution in [-0.2, 0) is 20.5 Å². The molecule has 0 saturated carbocycles. The first-order valence-corrected chi connectivity index (χ1v) is 8.95. The van der Waals surface area contributed by atoms with Crippen LogP contribution in [0.15, 0.2) is 36.4 Å². The van der Waals surface area contributed by atoms with Gasteiger partial charge in [0.2, 0.25) is 5.91 Å². The second kappa shape index (κ2) is 9.21. The fourth-order valence-corrected chi connectivity index (χ4v) is 2.95. The van der Waals surface area contributed by atoms with E-state index < -0.39 is 40.3 Å². The third-order valence-corrected chi connectivity index (χ3v) is 4.45. The number of nitro benzene ring substituents is 1. The van der Waals surface area contributed by atoms with Crippen LogP contribution in [0.4, 0.5) is 24.5 Å². The maximum absolute atomic E-state index is 12.8. The number of rotatable bonds is 6. The molecule has 31 heavy (non-hydrogen) atoms. The first-order valence-electron chi connectivity index (χ1n) is 8.57. The number of benzene rings is 2. The van der Waals surface area contributed by atoms with Gasteiger partial charge < -0.3 is 9.47 Å². The molecular formula is C19H16ClF3N2O6. The van der Waals surface area contributed by atoms with E-state index in [0.717, 1.165) is 43.2 Å². The predicted molar refractivity (Wildman–Crippen MR) is 104 cm³/mol. The number of alkyl halides is 3. The van der Waals surface area contributed by atoms with Gasteiger partial charge in [-0.25, -0.2) is 4.79 Å². The molecule has 2 aromatic rings. The summed E-state index contributed by atoms with van der Waals surface area (Å²) in [6.45, 7) is 2.42. The Balaban J connectivity index is 2.52. The fourth-order valence-electron chi connectivity index (χ4n) is 2.73. The third-order valence-electron chi connectivity index (χ3n) is 4.16. The Bertz CT molecular complexity index is 1030. The van der Waals surface area contributed by atoms with Gasteiger partial charge >= 0.3 is 12.1 Å². The first-order chi connectivity index (χ1) is 14.4. The zero-order valence-corrected chi connectivity index (χ0v) is 17.2. The van der Waals surface area contributed by atoms with Crippen LogP contribution < -0.4 is 9.64 Å². The lowest BCUT2D eigenvalue weighted by Gasteiger charge is -2.26. The molecule has 0 heterocycles. The summed E-state index contributed by atoms with van der Waals surface area (Å²) >= 11 is 5.87. The molecule has 0 aliphatic carbocycles. The standard InChI is InChI=1S/C19H16ClF3N2O6/c1-10(18(27)30-3)24(11(2)26)16-9-13(5-6-15(16)25(28)29)31-17-7-4-12(8-14(17)20)19(21,22)23/h4-10H,1-3H3. The number of amides is 1. The summed E-state index contributed by atoms with van der Waals surface area (Å²) in [4.78, 5) is 35.6. The van der Waals surface area contributed by atoms with Crippen LogP contribution in [0, 0.1) is 10.1 Å². The van der Waals surface area contributed by atoms with Crippen LogP contribution in [0.1, 0.15) is 19.4 Å². The van der Waals surface area contributed by atoms with E-state index in [1.165, 1.54) is 13.0 Å². The van der Waals surface area contributed by atoms with Crippen molar-refractivity contribution in [3.8, 4) is 11.5 Å². The van der Waals surface area contributed by atoms with Crippen LogP contribution in [0.2, 0.25) is 5.02 Å². The van der Waals surface area contributed by atoms with Crippen molar-refractivity contribution in [3.63, 3.8) is 0 Å². The van der Waals surface area contributed by atoms with Crippen molar-refractivity contribution in [2.24, 2.45) is 0 Å². The minimum Gasteiger partial charge on any atom is -0.467 e. The Morgan fingerprint density at radius 1 is 1.19 bits per heavy atom. The molecule has 0 fully saturated rings. The molecule has 0 radical (unpaired) electrons.